The number of aliphatic hydroxyl groups is 1. The van der Waals surface area contributed by atoms with E-state index >= 15 is 0 Å². The largest absolute Gasteiger partial charge is 0.394 e. The molecular weight excluding hydrogens is 248 g/mol. The summed E-state index contributed by atoms with van der Waals surface area (Å²) in [6.45, 7) is 9.91. The average Bonchev–Trinajstić information content (AvgIpc) is 2.46. The van der Waals surface area contributed by atoms with Crippen molar-refractivity contribution in [3.05, 3.63) is 0 Å². The van der Waals surface area contributed by atoms with Crippen molar-refractivity contribution in [1.29, 1.82) is 0 Å². The zero-order valence-electron chi connectivity index (χ0n) is 13.9. The average molecular weight is 282 g/mol. The van der Waals surface area contributed by atoms with Gasteiger partial charge in [-0.3, -0.25) is 0 Å². The van der Waals surface area contributed by atoms with Gasteiger partial charge < -0.3 is 15.3 Å². The second kappa shape index (κ2) is 6.33. The fourth-order valence-electron chi connectivity index (χ4n) is 4.22. The smallest absolute Gasteiger partial charge is 0.0613 e. The van der Waals surface area contributed by atoms with Crippen LogP contribution in [0.25, 0.3) is 0 Å². The van der Waals surface area contributed by atoms with E-state index in [4.69, 9.17) is 0 Å². The van der Waals surface area contributed by atoms with Gasteiger partial charge in [-0.05, 0) is 70.0 Å². The normalized spacial score (nSPS) is 34.4. The van der Waals surface area contributed by atoms with Gasteiger partial charge in [-0.2, -0.15) is 0 Å². The molecular formula is C17H34N2O. The Morgan fingerprint density at radius 1 is 1.20 bits per heavy atom. The standard InChI is InChI=1S/C17H34N2O/c1-16(2,3)14-7-10-19(11-8-14)15-6-5-9-17(12-15,13-20)18-4/h14-15,18,20H,5-13H2,1-4H3. The van der Waals surface area contributed by atoms with Gasteiger partial charge in [0.05, 0.1) is 6.61 Å². The van der Waals surface area contributed by atoms with E-state index in [1.165, 1.54) is 38.8 Å². The molecule has 2 atom stereocenters. The Morgan fingerprint density at radius 2 is 1.85 bits per heavy atom. The first-order valence-corrected chi connectivity index (χ1v) is 8.44. The molecule has 1 heterocycles. The molecule has 3 nitrogen and oxygen atoms in total. The van der Waals surface area contributed by atoms with E-state index in [9.17, 15) is 5.11 Å². The third kappa shape index (κ3) is 3.55. The molecule has 1 saturated heterocycles. The number of aliphatic hydroxyl groups excluding tert-OH is 1. The SMILES string of the molecule is CNC1(CO)CCCC(N2CCC(C(C)(C)C)CC2)C1. The lowest BCUT2D eigenvalue weighted by Gasteiger charge is -2.47. The molecule has 0 spiro atoms. The topological polar surface area (TPSA) is 35.5 Å². The highest BCUT2D eigenvalue weighted by Gasteiger charge is 2.38. The molecule has 0 aromatic carbocycles. The fraction of sp³-hybridized carbons (Fsp3) is 1.00. The first kappa shape index (κ1) is 16.3. The predicted octanol–water partition coefficient (Wildman–Crippen LogP) is 2.64. The van der Waals surface area contributed by atoms with Gasteiger partial charge in [0.15, 0.2) is 0 Å². The third-order valence-electron chi connectivity index (χ3n) is 5.92. The van der Waals surface area contributed by atoms with Crippen molar-refractivity contribution >= 4 is 0 Å². The van der Waals surface area contributed by atoms with Crippen molar-refractivity contribution in [2.24, 2.45) is 11.3 Å². The number of nitrogens with one attached hydrogen (secondary N) is 1. The van der Waals surface area contributed by atoms with Gasteiger partial charge in [0.2, 0.25) is 0 Å². The fourth-order valence-corrected chi connectivity index (χ4v) is 4.22. The Hall–Kier alpha value is -0.120. The van der Waals surface area contributed by atoms with Crippen LogP contribution in [0, 0.1) is 11.3 Å². The highest BCUT2D eigenvalue weighted by atomic mass is 16.3. The van der Waals surface area contributed by atoms with Crippen LogP contribution in [0.1, 0.15) is 59.3 Å². The first-order valence-electron chi connectivity index (χ1n) is 8.44. The summed E-state index contributed by atoms with van der Waals surface area (Å²) < 4.78 is 0. The highest BCUT2D eigenvalue weighted by molar-refractivity contribution is 4.96. The quantitative estimate of drug-likeness (QED) is 0.835. The molecule has 1 aliphatic carbocycles. The van der Waals surface area contributed by atoms with Gasteiger partial charge in [0.1, 0.15) is 0 Å². The summed E-state index contributed by atoms with van der Waals surface area (Å²) in [5.74, 6) is 0.870. The van der Waals surface area contributed by atoms with E-state index < -0.39 is 0 Å². The molecule has 20 heavy (non-hydrogen) atoms. The minimum absolute atomic E-state index is 0.0240. The molecule has 0 aromatic rings. The molecule has 2 aliphatic rings. The number of likely N-dealkylation sites (N-methyl/N-ethyl adjacent to an activating group) is 1. The van der Waals surface area contributed by atoms with Crippen molar-refractivity contribution < 1.29 is 5.11 Å². The lowest BCUT2D eigenvalue weighted by molar-refractivity contribution is 0.0308. The Bertz CT molecular complexity index is 299. The van der Waals surface area contributed by atoms with Gasteiger partial charge in [0.25, 0.3) is 0 Å². The summed E-state index contributed by atoms with van der Waals surface area (Å²) in [6, 6.07) is 0.671. The summed E-state index contributed by atoms with van der Waals surface area (Å²) in [4.78, 5) is 2.70. The Morgan fingerprint density at radius 3 is 2.35 bits per heavy atom. The van der Waals surface area contributed by atoms with Gasteiger partial charge in [0, 0.05) is 11.6 Å². The van der Waals surface area contributed by atoms with Crippen LogP contribution in [0.4, 0.5) is 0 Å². The molecule has 2 N–H and O–H groups in total. The Labute approximate surface area is 125 Å². The van der Waals surface area contributed by atoms with Crippen LogP contribution in [0.2, 0.25) is 0 Å². The van der Waals surface area contributed by atoms with Crippen LogP contribution in [-0.4, -0.2) is 48.3 Å². The van der Waals surface area contributed by atoms with E-state index in [2.05, 4.69) is 31.0 Å². The third-order valence-corrected chi connectivity index (χ3v) is 5.92. The van der Waals surface area contributed by atoms with Gasteiger partial charge >= 0.3 is 0 Å². The number of rotatable bonds is 3. The van der Waals surface area contributed by atoms with Crippen LogP contribution in [0.15, 0.2) is 0 Å². The van der Waals surface area contributed by atoms with Gasteiger partial charge in [-0.15, -0.1) is 0 Å². The summed E-state index contributed by atoms with van der Waals surface area (Å²) in [5.41, 5.74) is 0.433. The van der Waals surface area contributed by atoms with E-state index in [1.54, 1.807) is 0 Å². The number of hydrogen-bond donors (Lipinski definition) is 2. The van der Waals surface area contributed by atoms with Crippen LogP contribution in [-0.2, 0) is 0 Å². The summed E-state index contributed by atoms with van der Waals surface area (Å²) in [6.07, 6.45) is 7.46. The number of hydrogen-bond acceptors (Lipinski definition) is 3. The Balaban J connectivity index is 1.90. The highest BCUT2D eigenvalue weighted by Crippen LogP contribution is 2.37. The second-order valence-corrected chi connectivity index (χ2v) is 8.11. The Kier molecular flexibility index (Phi) is 5.14. The van der Waals surface area contributed by atoms with E-state index in [0.717, 1.165) is 18.8 Å². The van der Waals surface area contributed by atoms with E-state index in [-0.39, 0.29) is 12.1 Å². The maximum Gasteiger partial charge on any atom is 0.0613 e. The summed E-state index contributed by atoms with van der Waals surface area (Å²) in [5, 5.41) is 13.1. The monoisotopic (exact) mass is 282 g/mol. The first-order chi connectivity index (χ1) is 9.40. The molecule has 118 valence electrons. The molecule has 2 fully saturated rings. The van der Waals surface area contributed by atoms with Crippen molar-refractivity contribution in [3.63, 3.8) is 0 Å². The van der Waals surface area contributed by atoms with Crippen molar-refractivity contribution in [2.45, 2.75) is 70.9 Å². The van der Waals surface area contributed by atoms with Crippen LogP contribution in [0.5, 0.6) is 0 Å². The molecule has 1 aliphatic heterocycles. The number of nitrogens with zero attached hydrogens (tertiary/aromatic N) is 1. The lowest BCUT2D eigenvalue weighted by atomic mass is 9.74. The molecule has 0 bridgehead atoms. The molecule has 2 unspecified atom stereocenters. The van der Waals surface area contributed by atoms with Crippen LogP contribution in [0.3, 0.4) is 0 Å². The minimum atomic E-state index is -0.0240. The minimum Gasteiger partial charge on any atom is -0.394 e. The second-order valence-electron chi connectivity index (χ2n) is 8.11. The van der Waals surface area contributed by atoms with E-state index in [1.807, 2.05) is 7.05 Å². The van der Waals surface area contributed by atoms with Crippen LogP contribution >= 0.6 is 0 Å². The van der Waals surface area contributed by atoms with Crippen molar-refractivity contribution in [1.82, 2.24) is 10.2 Å². The molecule has 1 saturated carbocycles. The number of likely N-dealkylation sites (tertiary alicyclic amines) is 1. The maximum atomic E-state index is 9.73. The predicted molar refractivity (Wildman–Crippen MR) is 84.9 cm³/mol. The van der Waals surface area contributed by atoms with Crippen LogP contribution < -0.4 is 5.32 Å². The maximum absolute atomic E-state index is 9.73. The molecule has 2 rings (SSSR count). The lowest BCUT2D eigenvalue weighted by Crippen LogP contribution is -2.55. The van der Waals surface area contributed by atoms with Crippen molar-refractivity contribution in [2.75, 3.05) is 26.7 Å². The van der Waals surface area contributed by atoms with Gasteiger partial charge in [-0.25, -0.2) is 0 Å². The summed E-state index contributed by atoms with van der Waals surface area (Å²) in [7, 11) is 2.00. The molecule has 3 heteroatoms. The zero-order chi connectivity index (χ0) is 14.8. The van der Waals surface area contributed by atoms with E-state index in [0.29, 0.717) is 11.5 Å². The number of piperidine rings is 1. The summed E-state index contributed by atoms with van der Waals surface area (Å²) >= 11 is 0. The molecule has 0 amide bonds. The molecule has 0 radical (unpaired) electrons. The molecule has 0 aromatic heterocycles. The van der Waals surface area contributed by atoms with Gasteiger partial charge in [-0.1, -0.05) is 20.8 Å². The zero-order valence-corrected chi connectivity index (χ0v) is 13.9. The van der Waals surface area contributed by atoms with Crippen molar-refractivity contribution in [3.8, 4) is 0 Å².